The lowest BCUT2D eigenvalue weighted by molar-refractivity contribution is 0.325. The highest BCUT2D eigenvalue weighted by Crippen LogP contribution is 2.33. The summed E-state index contributed by atoms with van der Waals surface area (Å²) < 4.78 is 0.985. The summed E-state index contributed by atoms with van der Waals surface area (Å²) in [6.45, 7) is 9.92. The van der Waals surface area contributed by atoms with Crippen molar-refractivity contribution in [1.29, 1.82) is 0 Å². The van der Waals surface area contributed by atoms with Gasteiger partial charge in [-0.25, -0.2) is 4.98 Å². The third-order valence-corrected chi connectivity index (χ3v) is 4.46. The van der Waals surface area contributed by atoms with E-state index in [4.69, 9.17) is 0 Å². The summed E-state index contributed by atoms with van der Waals surface area (Å²) in [5.41, 5.74) is 0.442. The molecule has 0 aromatic carbocycles. The second-order valence-corrected chi connectivity index (χ2v) is 7.15. The number of rotatable bonds is 4. The zero-order chi connectivity index (χ0) is 14.6. The lowest BCUT2D eigenvalue weighted by atomic mass is 9.85. The maximum absolute atomic E-state index is 4.68. The summed E-state index contributed by atoms with van der Waals surface area (Å²) in [6, 6.07) is 0. The van der Waals surface area contributed by atoms with Gasteiger partial charge in [-0.1, -0.05) is 20.8 Å². The molecule has 2 rings (SSSR count). The first-order valence-electron chi connectivity index (χ1n) is 7.53. The van der Waals surface area contributed by atoms with Gasteiger partial charge in [-0.15, -0.1) is 0 Å². The third kappa shape index (κ3) is 4.08. The molecule has 0 amide bonds. The molecule has 4 nitrogen and oxygen atoms in total. The van der Waals surface area contributed by atoms with Gasteiger partial charge < -0.3 is 10.2 Å². The summed E-state index contributed by atoms with van der Waals surface area (Å²) in [7, 11) is 0. The number of anilines is 2. The van der Waals surface area contributed by atoms with Crippen molar-refractivity contribution in [3.8, 4) is 0 Å². The van der Waals surface area contributed by atoms with E-state index in [0.29, 0.717) is 5.41 Å². The number of nitrogens with zero attached hydrogens (tertiary/aromatic N) is 3. The van der Waals surface area contributed by atoms with Crippen LogP contribution in [0.4, 0.5) is 11.8 Å². The molecule has 1 aromatic heterocycles. The number of hydrogen-bond donors (Lipinski definition) is 1. The van der Waals surface area contributed by atoms with Gasteiger partial charge in [0.25, 0.3) is 0 Å². The number of aromatic nitrogens is 2. The molecule has 1 aromatic rings. The number of hydrogen-bond acceptors (Lipinski definition) is 4. The van der Waals surface area contributed by atoms with Crippen LogP contribution >= 0.6 is 15.9 Å². The molecule has 5 heteroatoms. The highest BCUT2D eigenvalue weighted by Gasteiger charge is 2.24. The smallest absolute Gasteiger partial charge is 0.224 e. The maximum Gasteiger partial charge on any atom is 0.224 e. The first-order valence-corrected chi connectivity index (χ1v) is 8.32. The van der Waals surface area contributed by atoms with E-state index >= 15 is 0 Å². The largest absolute Gasteiger partial charge is 0.355 e. The molecule has 0 spiro atoms. The Morgan fingerprint density at radius 1 is 1.35 bits per heavy atom. The minimum Gasteiger partial charge on any atom is -0.355 e. The highest BCUT2D eigenvalue weighted by atomic mass is 79.9. The normalized spacial score (nSPS) is 18.7. The van der Waals surface area contributed by atoms with E-state index in [2.05, 4.69) is 56.9 Å². The topological polar surface area (TPSA) is 41.1 Å². The van der Waals surface area contributed by atoms with Crippen LogP contribution in [0.1, 0.15) is 46.5 Å². The van der Waals surface area contributed by atoms with Crippen LogP contribution in [0.2, 0.25) is 0 Å². The standard InChI is InChI=1S/C15H25BrN4/c1-4-8-17-14-18-11-12(16)13(19-14)20-9-5-6-15(2,3)7-10-20/h11H,4-10H2,1-3H3,(H,17,18,19). The van der Waals surface area contributed by atoms with Gasteiger partial charge in [-0.3, -0.25) is 0 Å². The van der Waals surface area contributed by atoms with Crippen LogP contribution in [0.5, 0.6) is 0 Å². The molecule has 0 saturated carbocycles. The van der Waals surface area contributed by atoms with Gasteiger partial charge in [-0.05, 0) is 47.0 Å². The van der Waals surface area contributed by atoms with Crippen molar-refractivity contribution in [3.05, 3.63) is 10.7 Å². The molecule has 20 heavy (non-hydrogen) atoms. The molecule has 0 unspecified atom stereocenters. The summed E-state index contributed by atoms with van der Waals surface area (Å²) in [4.78, 5) is 11.4. The quantitative estimate of drug-likeness (QED) is 0.896. The fourth-order valence-electron chi connectivity index (χ4n) is 2.54. The first-order chi connectivity index (χ1) is 9.52. The van der Waals surface area contributed by atoms with Crippen molar-refractivity contribution in [2.45, 2.75) is 46.5 Å². The Labute approximate surface area is 130 Å². The predicted molar refractivity (Wildman–Crippen MR) is 88.4 cm³/mol. The zero-order valence-corrected chi connectivity index (χ0v) is 14.3. The van der Waals surface area contributed by atoms with Gasteiger partial charge in [0.05, 0.1) is 4.47 Å². The van der Waals surface area contributed by atoms with Crippen LogP contribution in [-0.4, -0.2) is 29.6 Å². The van der Waals surface area contributed by atoms with Crippen molar-refractivity contribution < 1.29 is 0 Å². The molecule has 1 aliphatic heterocycles. The minimum atomic E-state index is 0.442. The van der Waals surface area contributed by atoms with Gasteiger partial charge in [0.1, 0.15) is 5.82 Å². The molecular formula is C15H25BrN4. The van der Waals surface area contributed by atoms with Gasteiger partial charge in [-0.2, -0.15) is 4.98 Å². The maximum atomic E-state index is 4.68. The SMILES string of the molecule is CCCNc1ncc(Br)c(N2CCCC(C)(C)CC2)n1. The molecular weight excluding hydrogens is 316 g/mol. The summed E-state index contributed by atoms with van der Waals surface area (Å²) in [5.74, 6) is 1.75. The van der Waals surface area contributed by atoms with Crippen LogP contribution in [0.25, 0.3) is 0 Å². The van der Waals surface area contributed by atoms with Crippen LogP contribution in [0.3, 0.4) is 0 Å². The van der Waals surface area contributed by atoms with Crippen molar-refractivity contribution >= 4 is 27.7 Å². The molecule has 0 atom stereocenters. The van der Waals surface area contributed by atoms with E-state index in [1.165, 1.54) is 19.3 Å². The third-order valence-electron chi connectivity index (χ3n) is 3.90. The van der Waals surface area contributed by atoms with E-state index in [9.17, 15) is 0 Å². The molecule has 0 radical (unpaired) electrons. The van der Waals surface area contributed by atoms with Crippen LogP contribution in [0, 0.1) is 5.41 Å². The molecule has 112 valence electrons. The molecule has 1 N–H and O–H groups in total. The van der Waals surface area contributed by atoms with Crippen LogP contribution in [0.15, 0.2) is 10.7 Å². The molecule has 1 aliphatic rings. The first kappa shape index (κ1) is 15.5. The lowest BCUT2D eigenvalue weighted by Gasteiger charge is -2.25. The Bertz CT molecular complexity index is 447. The van der Waals surface area contributed by atoms with E-state index < -0.39 is 0 Å². The monoisotopic (exact) mass is 340 g/mol. The van der Waals surface area contributed by atoms with Gasteiger partial charge in [0, 0.05) is 25.8 Å². The fourth-order valence-corrected chi connectivity index (χ4v) is 2.98. The number of nitrogens with one attached hydrogen (secondary N) is 1. The average molecular weight is 341 g/mol. The van der Waals surface area contributed by atoms with Gasteiger partial charge in [0.15, 0.2) is 0 Å². The number of halogens is 1. The zero-order valence-electron chi connectivity index (χ0n) is 12.7. The lowest BCUT2D eigenvalue weighted by Crippen LogP contribution is -2.26. The highest BCUT2D eigenvalue weighted by molar-refractivity contribution is 9.10. The summed E-state index contributed by atoms with van der Waals surface area (Å²) in [6.07, 6.45) is 6.65. The second kappa shape index (κ2) is 6.74. The van der Waals surface area contributed by atoms with E-state index in [1.807, 2.05) is 6.20 Å². The minimum absolute atomic E-state index is 0.442. The van der Waals surface area contributed by atoms with Gasteiger partial charge >= 0.3 is 0 Å². The Balaban J connectivity index is 2.14. The van der Waals surface area contributed by atoms with E-state index in [1.54, 1.807) is 0 Å². The Hall–Kier alpha value is -0.840. The average Bonchev–Trinajstić information content (AvgIpc) is 2.59. The van der Waals surface area contributed by atoms with E-state index in [0.717, 1.165) is 42.3 Å². The Kier molecular flexibility index (Phi) is 5.24. The summed E-state index contributed by atoms with van der Waals surface area (Å²) >= 11 is 3.59. The van der Waals surface area contributed by atoms with Crippen LogP contribution in [-0.2, 0) is 0 Å². The van der Waals surface area contributed by atoms with Crippen molar-refractivity contribution in [2.24, 2.45) is 5.41 Å². The van der Waals surface area contributed by atoms with Crippen molar-refractivity contribution in [1.82, 2.24) is 9.97 Å². The molecule has 1 fully saturated rings. The predicted octanol–water partition coefficient (Wildman–Crippen LogP) is 4.08. The Morgan fingerprint density at radius 2 is 2.15 bits per heavy atom. The molecule has 0 bridgehead atoms. The molecule has 1 saturated heterocycles. The van der Waals surface area contributed by atoms with Crippen molar-refractivity contribution in [2.75, 3.05) is 29.9 Å². The Morgan fingerprint density at radius 3 is 2.90 bits per heavy atom. The molecule has 0 aliphatic carbocycles. The summed E-state index contributed by atoms with van der Waals surface area (Å²) in [5, 5.41) is 3.26. The second-order valence-electron chi connectivity index (χ2n) is 6.30. The van der Waals surface area contributed by atoms with Gasteiger partial charge in [0.2, 0.25) is 5.95 Å². The van der Waals surface area contributed by atoms with Crippen molar-refractivity contribution in [3.63, 3.8) is 0 Å². The fraction of sp³-hybridized carbons (Fsp3) is 0.733. The van der Waals surface area contributed by atoms with E-state index in [-0.39, 0.29) is 0 Å². The van der Waals surface area contributed by atoms with Crippen LogP contribution < -0.4 is 10.2 Å². The molecule has 2 heterocycles.